The van der Waals surface area contributed by atoms with Gasteiger partial charge in [0.2, 0.25) is 0 Å². The Hall–Kier alpha value is -0.120. The highest BCUT2D eigenvalue weighted by Crippen LogP contribution is 2.25. The summed E-state index contributed by atoms with van der Waals surface area (Å²) in [5.41, 5.74) is 6.09. The maximum Gasteiger partial charge on any atom is 0.0702 e. The number of ether oxygens (including phenoxy) is 1. The first-order valence-electron chi connectivity index (χ1n) is 7.40. The van der Waals surface area contributed by atoms with Crippen molar-refractivity contribution < 1.29 is 4.74 Å². The molecule has 3 heteroatoms. The van der Waals surface area contributed by atoms with Crippen LogP contribution >= 0.6 is 0 Å². The molecule has 2 aliphatic rings. The second-order valence-corrected chi connectivity index (χ2v) is 5.71. The Labute approximate surface area is 106 Å². The van der Waals surface area contributed by atoms with E-state index in [4.69, 9.17) is 10.5 Å². The molecule has 1 heterocycles. The van der Waals surface area contributed by atoms with Crippen LogP contribution in [-0.2, 0) is 4.74 Å². The largest absolute Gasteiger partial charge is 0.377 e. The smallest absolute Gasteiger partial charge is 0.0702 e. The van der Waals surface area contributed by atoms with E-state index in [1.165, 1.54) is 45.1 Å². The monoisotopic (exact) mass is 240 g/mol. The Morgan fingerprint density at radius 1 is 1.24 bits per heavy atom. The van der Waals surface area contributed by atoms with Crippen LogP contribution in [0.2, 0.25) is 0 Å². The van der Waals surface area contributed by atoms with Gasteiger partial charge in [-0.2, -0.15) is 0 Å². The van der Waals surface area contributed by atoms with Gasteiger partial charge in [0.15, 0.2) is 0 Å². The number of hydrogen-bond donors (Lipinski definition) is 1. The van der Waals surface area contributed by atoms with E-state index in [1.807, 2.05) is 0 Å². The zero-order valence-corrected chi connectivity index (χ0v) is 11.2. The quantitative estimate of drug-likeness (QED) is 0.818. The number of hydrogen-bond acceptors (Lipinski definition) is 3. The highest BCUT2D eigenvalue weighted by atomic mass is 16.5. The van der Waals surface area contributed by atoms with Gasteiger partial charge in [0.05, 0.1) is 6.10 Å². The van der Waals surface area contributed by atoms with E-state index in [1.54, 1.807) is 0 Å². The highest BCUT2D eigenvalue weighted by Gasteiger charge is 2.29. The molecule has 3 unspecified atom stereocenters. The van der Waals surface area contributed by atoms with Gasteiger partial charge in [-0.1, -0.05) is 13.3 Å². The zero-order chi connectivity index (χ0) is 12.1. The van der Waals surface area contributed by atoms with E-state index in [0.717, 1.165) is 25.6 Å². The summed E-state index contributed by atoms with van der Waals surface area (Å²) >= 11 is 0. The van der Waals surface area contributed by atoms with Gasteiger partial charge >= 0.3 is 0 Å². The van der Waals surface area contributed by atoms with E-state index >= 15 is 0 Å². The summed E-state index contributed by atoms with van der Waals surface area (Å²) in [6.45, 7) is 5.49. The molecule has 0 aromatic heterocycles. The van der Waals surface area contributed by atoms with E-state index in [9.17, 15) is 0 Å². The first-order chi connectivity index (χ1) is 8.29. The van der Waals surface area contributed by atoms with Crippen LogP contribution in [0.15, 0.2) is 0 Å². The Kier molecular flexibility index (Phi) is 5.26. The van der Waals surface area contributed by atoms with Crippen molar-refractivity contribution >= 4 is 0 Å². The number of likely N-dealkylation sites (tertiary alicyclic amines) is 1. The van der Waals surface area contributed by atoms with Crippen molar-refractivity contribution in [3.63, 3.8) is 0 Å². The average Bonchev–Trinajstić information content (AvgIpc) is 2.37. The van der Waals surface area contributed by atoms with Crippen molar-refractivity contribution in [2.24, 2.45) is 5.73 Å². The van der Waals surface area contributed by atoms with Gasteiger partial charge in [-0.05, 0) is 45.1 Å². The zero-order valence-electron chi connectivity index (χ0n) is 11.2. The molecular weight excluding hydrogens is 212 g/mol. The summed E-state index contributed by atoms with van der Waals surface area (Å²) in [7, 11) is 0. The summed E-state index contributed by atoms with van der Waals surface area (Å²) < 4.78 is 5.91. The van der Waals surface area contributed by atoms with Gasteiger partial charge in [-0.15, -0.1) is 0 Å². The lowest BCUT2D eigenvalue weighted by atomic mass is 9.89. The molecule has 2 rings (SSSR count). The normalized spacial score (nSPS) is 36.0. The minimum atomic E-state index is 0.436. The SMILES string of the molecule is CCCOC1CCCN(C2CCCC(N)C2)C1. The summed E-state index contributed by atoms with van der Waals surface area (Å²) in [6.07, 6.45) is 9.21. The fourth-order valence-electron chi connectivity index (χ4n) is 3.25. The Bertz CT molecular complexity index is 222. The van der Waals surface area contributed by atoms with Crippen LogP contribution in [0, 0.1) is 0 Å². The van der Waals surface area contributed by atoms with Gasteiger partial charge in [0.25, 0.3) is 0 Å². The fraction of sp³-hybridized carbons (Fsp3) is 1.00. The third-order valence-electron chi connectivity index (χ3n) is 4.17. The van der Waals surface area contributed by atoms with Gasteiger partial charge in [-0.25, -0.2) is 0 Å². The first-order valence-corrected chi connectivity index (χ1v) is 7.40. The van der Waals surface area contributed by atoms with Crippen molar-refractivity contribution in [1.29, 1.82) is 0 Å². The summed E-state index contributed by atoms with van der Waals surface area (Å²) in [4.78, 5) is 2.64. The molecule has 17 heavy (non-hydrogen) atoms. The lowest BCUT2D eigenvalue weighted by Gasteiger charge is -2.41. The van der Waals surface area contributed by atoms with Crippen LogP contribution in [0.4, 0.5) is 0 Å². The molecule has 1 saturated carbocycles. The molecule has 0 spiro atoms. The second-order valence-electron chi connectivity index (χ2n) is 5.71. The molecular formula is C14H28N2O. The Balaban J connectivity index is 1.79. The molecule has 3 atom stereocenters. The molecule has 0 bridgehead atoms. The van der Waals surface area contributed by atoms with Crippen molar-refractivity contribution in [2.45, 2.75) is 70.1 Å². The molecule has 0 aromatic rings. The molecule has 1 aliphatic carbocycles. The molecule has 0 amide bonds. The van der Waals surface area contributed by atoms with Gasteiger partial charge < -0.3 is 10.5 Å². The molecule has 2 fully saturated rings. The third kappa shape index (κ3) is 3.94. The highest BCUT2D eigenvalue weighted by molar-refractivity contribution is 4.85. The minimum Gasteiger partial charge on any atom is -0.377 e. The topological polar surface area (TPSA) is 38.5 Å². The predicted molar refractivity (Wildman–Crippen MR) is 71.1 cm³/mol. The van der Waals surface area contributed by atoms with Crippen LogP contribution in [0.1, 0.15) is 51.9 Å². The molecule has 1 saturated heterocycles. The third-order valence-corrected chi connectivity index (χ3v) is 4.17. The van der Waals surface area contributed by atoms with Gasteiger partial charge in [0.1, 0.15) is 0 Å². The number of nitrogens with zero attached hydrogens (tertiary/aromatic N) is 1. The van der Waals surface area contributed by atoms with E-state index < -0.39 is 0 Å². The lowest BCUT2D eigenvalue weighted by molar-refractivity contribution is -0.0182. The van der Waals surface area contributed by atoms with Crippen LogP contribution in [0.25, 0.3) is 0 Å². The van der Waals surface area contributed by atoms with Crippen molar-refractivity contribution in [3.05, 3.63) is 0 Å². The molecule has 100 valence electrons. The standard InChI is InChI=1S/C14H28N2O/c1-2-9-17-14-7-4-8-16(11-14)13-6-3-5-12(15)10-13/h12-14H,2-11,15H2,1H3. The van der Waals surface area contributed by atoms with Crippen LogP contribution in [0.3, 0.4) is 0 Å². The van der Waals surface area contributed by atoms with Crippen molar-refractivity contribution in [2.75, 3.05) is 19.7 Å². The maximum absolute atomic E-state index is 6.09. The summed E-state index contributed by atoms with van der Waals surface area (Å²) in [5.74, 6) is 0. The maximum atomic E-state index is 6.09. The Morgan fingerprint density at radius 2 is 2.12 bits per heavy atom. The molecule has 1 aliphatic heterocycles. The molecule has 2 N–H and O–H groups in total. The van der Waals surface area contributed by atoms with Crippen LogP contribution in [0.5, 0.6) is 0 Å². The van der Waals surface area contributed by atoms with E-state index in [0.29, 0.717) is 12.1 Å². The first kappa shape index (κ1) is 13.3. The van der Waals surface area contributed by atoms with E-state index in [-0.39, 0.29) is 0 Å². The van der Waals surface area contributed by atoms with Crippen molar-refractivity contribution in [3.8, 4) is 0 Å². The minimum absolute atomic E-state index is 0.436. The molecule has 0 aromatic carbocycles. The molecule has 0 radical (unpaired) electrons. The second kappa shape index (κ2) is 6.72. The van der Waals surface area contributed by atoms with Crippen molar-refractivity contribution in [1.82, 2.24) is 4.90 Å². The molecule has 3 nitrogen and oxygen atoms in total. The van der Waals surface area contributed by atoms with Crippen LogP contribution < -0.4 is 5.73 Å². The fourth-order valence-corrected chi connectivity index (χ4v) is 3.25. The number of piperidine rings is 1. The predicted octanol–water partition coefficient (Wildman–Crippen LogP) is 2.15. The van der Waals surface area contributed by atoms with Crippen LogP contribution in [-0.4, -0.2) is 42.8 Å². The van der Waals surface area contributed by atoms with Gasteiger partial charge in [0, 0.05) is 25.2 Å². The van der Waals surface area contributed by atoms with E-state index in [2.05, 4.69) is 11.8 Å². The number of nitrogens with two attached hydrogens (primary N) is 1. The summed E-state index contributed by atoms with van der Waals surface area (Å²) in [6, 6.07) is 1.16. The lowest BCUT2D eigenvalue weighted by Crippen LogP contribution is -2.49. The average molecular weight is 240 g/mol. The number of rotatable bonds is 4. The Morgan fingerprint density at radius 3 is 2.88 bits per heavy atom. The summed E-state index contributed by atoms with van der Waals surface area (Å²) in [5, 5.41) is 0. The van der Waals surface area contributed by atoms with Gasteiger partial charge in [-0.3, -0.25) is 4.90 Å².